The number of anilines is 3. The summed E-state index contributed by atoms with van der Waals surface area (Å²) in [6.45, 7) is 10.4. The molecule has 2 aliphatic rings. The first kappa shape index (κ1) is 38.0. The van der Waals surface area contributed by atoms with E-state index in [1.165, 1.54) is 40.6 Å². The second-order valence-corrected chi connectivity index (χ2v) is 12.7. The van der Waals surface area contributed by atoms with E-state index in [9.17, 15) is 18.0 Å². The van der Waals surface area contributed by atoms with Crippen LogP contribution in [0.1, 0.15) is 49.9 Å². The fraction of sp³-hybridized carbons (Fsp3) is 0.237. The summed E-state index contributed by atoms with van der Waals surface area (Å²) in [5, 5.41) is 24.3. The molecule has 0 aromatic heterocycles. The number of halogens is 3. The number of nitrogens with one attached hydrogen (secondary N) is 3. The zero-order chi connectivity index (χ0) is 36.3. The van der Waals surface area contributed by atoms with Crippen LogP contribution in [0.3, 0.4) is 0 Å². The molecule has 3 N–H and O–H groups in total. The fourth-order valence-corrected chi connectivity index (χ4v) is 7.31. The molecule has 1 amide bonds. The highest BCUT2D eigenvalue weighted by molar-refractivity contribution is 8.19. The molecule has 260 valence electrons. The Labute approximate surface area is 300 Å². The van der Waals surface area contributed by atoms with Crippen molar-refractivity contribution in [2.75, 3.05) is 28.6 Å². The normalized spacial score (nSPS) is 15.0. The molecule has 4 aromatic carbocycles. The summed E-state index contributed by atoms with van der Waals surface area (Å²) in [5.41, 5.74) is 4.61. The van der Waals surface area contributed by atoms with E-state index in [1.807, 2.05) is 88.4 Å². The Bertz CT molecular complexity index is 1840. The van der Waals surface area contributed by atoms with E-state index in [0.29, 0.717) is 30.1 Å². The summed E-state index contributed by atoms with van der Waals surface area (Å²) < 4.78 is 38.4. The van der Waals surface area contributed by atoms with Crippen LogP contribution in [0.5, 0.6) is 0 Å². The number of thioether (sulfide) groups is 2. The van der Waals surface area contributed by atoms with E-state index >= 15 is 0 Å². The van der Waals surface area contributed by atoms with Gasteiger partial charge in [-0.3, -0.25) is 15.1 Å². The van der Waals surface area contributed by atoms with Gasteiger partial charge in [0, 0.05) is 35.9 Å². The van der Waals surface area contributed by atoms with Crippen LogP contribution >= 0.6 is 23.5 Å². The number of rotatable bonds is 8. The van der Waals surface area contributed by atoms with E-state index in [4.69, 9.17) is 10.7 Å². The molecule has 50 heavy (non-hydrogen) atoms. The number of carbonyl (C=O) groups excluding carboxylic acids is 1. The third-order valence-electron chi connectivity index (χ3n) is 7.45. The predicted molar refractivity (Wildman–Crippen MR) is 200 cm³/mol. The Hall–Kier alpha value is -4.86. The summed E-state index contributed by atoms with van der Waals surface area (Å²) in [5.74, 6) is -0.173. The third-order valence-corrected chi connectivity index (χ3v) is 9.73. The van der Waals surface area contributed by atoms with Gasteiger partial charge in [0.15, 0.2) is 5.17 Å². The van der Waals surface area contributed by atoms with Gasteiger partial charge in [-0.05, 0) is 91.3 Å². The molecule has 1 saturated heterocycles. The minimum Gasteiger partial charge on any atom is -0.385 e. The lowest BCUT2D eigenvalue weighted by atomic mass is 10.1. The number of alkyl halides is 3. The number of benzene rings is 4. The molecule has 0 spiro atoms. The van der Waals surface area contributed by atoms with Crippen LogP contribution in [0.25, 0.3) is 0 Å². The quantitative estimate of drug-likeness (QED) is 0.156. The molecule has 2 heterocycles. The lowest BCUT2D eigenvalue weighted by Gasteiger charge is -2.19. The molecule has 7 nitrogen and oxygen atoms in total. The average Bonchev–Trinajstić information content (AvgIpc) is 3.64. The van der Waals surface area contributed by atoms with Gasteiger partial charge in [0.1, 0.15) is 9.93 Å². The Morgan fingerprint density at radius 1 is 0.820 bits per heavy atom. The molecule has 0 bridgehead atoms. The van der Waals surface area contributed by atoms with Gasteiger partial charge in [-0.25, -0.2) is 0 Å². The molecule has 0 radical (unpaired) electrons. The highest BCUT2D eigenvalue weighted by Gasteiger charge is 2.39. The van der Waals surface area contributed by atoms with Crippen LogP contribution in [-0.4, -0.2) is 29.1 Å². The van der Waals surface area contributed by atoms with Crippen molar-refractivity contribution in [2.24, 2.45) is 0 Å². The molecular formula is C38H39F3N6OS2. The van der Waals surface area contributed by atoms with Crippen molar-refractivity contribution in [3.05, 3.63) is 129 Å². The molecule has 12 heteroatoms. The molecule has 4 aromatic rings. The van der Waals surface area contributed by atoms with Gasteiger partial charge >= 0.3 is 6.18 Å². The van der Waals surface area contributed by atoms with Gasteiger partial charge in [-0.15, -0.1) is 0 Å². The van der Waals surface area contributed by atoms with Gasteiger partial charge in [0.25, 0.3) is 5.91 Å². The van der Waals surface area contributed by atoms with Crippen molar-refractivity contribution < 1.29 is 18.0 Å². The zero-order valence-corrected chi connectivity index (χ0v) is 29.9. The largest absolute Gasteiger partial charge is 0.416 e. The number of fused-ring (bicyclic) bond motifs is 1. The summed E-state index contributed by atoms with van der Waals surface area (Å²) >= 11 is 2.68. The first-order valence-corrected chi connectivity index (χ1v) is 17.8. The molecule has 0 saturated carbocycles. The summed E-state index contributed by atoms with van der Waals surface area (Å²) in [6, 6.07) is 30.1. The van der Waals surface area contributed by atoms with Gasteiger partial charge in [-0.1, -0.05) is 68.1 Å². The number of amidine groups is 1. The number of hydrogen-bond donors (Lipinski definition) is 3. The first-order valence-electron chi connectivity index (χ1n) is 16.2. The van der Waals surface area contributed by atoms with E-state index in [2.05, 4.69) is 21.6 Å². The lowest BCUT2D eigenvalue weighted by Crippen LogP contribution is -2.29. The van der Waals surface area contributed by atoms with E-state index in [-0.39, 0.29) is 11.1 Å². The summed E-state index contributed by atoms with van der Waals surface area (Å²) in [7, 11) is 0. The van der Waals surface area contributed by atoms with Crippen LogP contribution in [0, 0.1) is 16.7 Å². The minimum atomic E-state index is -4.35. The Balaban J connectivity index is 0.000000366. The highest BCUT2D eigenvalue weighted by atomic mass is 32.2. The molecule has 0 unspecified atom stereocenters. The zero-order valence-electron chi connectivity index (χ0n) is 28.3. The summed E-state index contributed by atoms with van der Waals surface area (Å²) in [6.07, 6.45) is -4.35. The Morgan fingerprint density at radius 2 is 1.48 bits per heavy atom. The molecule has 0 aliphatic carbocycles. The maximum Gasteiger partial charge on any atom is 0.416 e. The molecular weight excluding hydrogens is 678 g/mol. The van der Waals surface area contributed by atoms with Crippen LogP contribution in [0.2, 0.25) is 0 Å². The molecule has 1 fully saturated rings. The average molecular weight is 717 g/mol. The van der Waals surface area contributed by atoms with E-state index in [1.54, 1.807) is 12.1 Å². The molecule has 6 rings (SSSR count). The topological polar surface area (TPSA) is 95.2 Å². The van der Waals surface area contributed by atoms with Crippen LogP contribution in [0.15, 0.2) is 112 Å². The van der Waals surface area contributed by atoms with Crippen molar-refractivity contribution in [1.82, 2.24) is 4.90 Å². The predicted octanol–water partition coefficient (Wildman–Crippen LogP) is 10.1. The first-order chi connectivity index (χ1) is 24.1. The number of carbonyl (C=O) groups is 1. The fourth-order valence-electron chi connectivity index (χ4n) is 5.02. The minimum absolute atomic E-state index is 0.173. The Morgan fingerprint density at radius 3 is 2.08 bits per heavy atom. The van der Waals surface area contributed by atoms with Gasteiger partial charge in [0.05, 0.1) is 29.4 Å². The molecule has 2 aliphatic heterocycles. The number of nitrogens with zero attached hydrogens (tertiary/aromatic N) is 3. The second-order valence-electron chi connectivity index (χ2n) is 10.7. The van der Waals surface area contributed by atoms with Crippen LogP contribution in [0.4, 0.5) is 30.2 Å². The maximum absolute atomic E-state index is 13.3. The van der Waals surface area contributed by atoms with Crippen molar-refractivity contribution in [1.29, 1.82) is 10.7 Å². The van der Waals surface area contributed by atoms with Gasteiger partial charge in [-0.2, -0.15) is 18.4 Å². The lowest BCUT2D eigenvalue weighted by molar-refractivity contribution is -0.137. The SMILES string of the molecule is CC.CCN1/C(=C2/SC(=N)N(Cc3ccccc3)C2=O)Sc2cc(NCc3ccc(C(F)(F)F)cc3)ccc21.CCNc1ccc(C#N)cc1. The van der Waals surface area contributed by atoms with Crippen molar-refractivity contribution in [3.8, 4) is 6.07 Å². The third kappa shape index (κ3) is 9.43. The van der Waals surface area contributed by atoms with Crippen LogP contribution < -0.4 is 15.5 Å². The van der Waals surface area contributed by atoms with Crippen LogP contribution in [-0.2, 0) is 24.1 Å². The summed E-state index contributed by atoms with van der Waals surface area (Å²) in [4.78, 5) is 18.4. The van der Waals surface area contributed by atoms with E-state index in [0.717, 1.165) is 56.8 Å². The molecule has 0 atom stereocenters. The standard InChI is InChI=1S/C27H23F3N4OS2.C9H10N2.C2H6/c1-2-33-21-13-12-20(32-15-17-8-10-19(11-9-17)27(28,29)30)14-22(21)36-25(33)23-24(35)34(26(31)37-23)16-18-6-4-3-5-7-18;1-2-11-9-5-3-8(7-10)4-6-9;1-2/h3-14,31-32H,2,15-16H2,1H3;3-6,11H,2H2,1H3;1-2H3/b25-23-,31-26?;;. The monoisotopic (exact) mass is 716 g/mol. The smallest absolute Gasteiger partial charge is 0.385 e. The number of amides is 1. The van der Waals surface area contributed by atoms with Gasteiger partial charge < -0.3 is 15.5 Å². The second kappa shape index (κ2) is 17.7. The Kier molecular flexibility index (Phi) is 13.4. The number of nitriles is 1. The van der Waals surface area contributed by atoms with Crippen molar-refractivity contribution in [2.45, 2.75) is 51.9 Å². The van der Waals surface area contributed by atoms with Crippen molar-refractivity contribution >= 4 is 51.7 Å². The van der Waals surface area contributed by atoms with E-state index < -0.39 is 11.7 Å². The highest BCUT2D eigenvalue weighted by Crippen LogP contribution is 2.51. The van der Waals surface area contributed by atoms with Gasteiger partial charge in [0.2, 0.25) is 0 Å². The van der Waals surface area contributed by atoms with Crippen molar-refractivity contribution in [3.63, 3.8) is 0 Å². The maximum atomic E-state index is 13.3. The number of hydrogen-bond acceptors (Lipinski definition) is 8.